The first-order chi connectivity index (χ1) is 12.3. The molecule has 2 amide bonds. The van der Waals surface area contributed by atoms with Gasteiger partial charge in [0.1, 0.15) is 0 Å². The number of carbonyl (C=O) groups is 1. The molecule has 1 aliphatic heterocycles. The van der Waals surface area contributed by atoms with Crippen LogP contribution in [0.3, 0.4) is 0 Å². The number of rotatable bonds is 4. The van der Waals surface area contributed by atoms with E-state index in [9.17, 15) is 4.79 Å². The van der Waals surface area contributed by atoms with Crippen LogP contribution in [0.5, 0.6) is 0 Å². The molecule has 0 radical (unpaired) electrons. The van der Waals surface area contributed by atoms with Gasteiger partial charge in [-0.1, -0.05) is 0 Å². The zero-order valence-electron chi connectivity index (χ0n) is 14.0. The van der Waals surface area contributed by atoms with Crippen molar-refractivity contribution < 1.29 is 9.53 Å². The molecule has 0 unspecified atom stereocenters. The minimum atomic E-state index is -0.170. The molecule has 4 rings (SSSR count). The van der Waals surface area contributed by atoms with Crippen molar-refractivity contribution in [2.75, 3.05) is 31.6 Å². The molecule has 2 aromatic rings. The van der Waals surface area contributed by atoms with Crippen LogP contribution in [-0.4, -0.2) is 42.2 Å². The van der Waals surface area contributed by atoms with Gasteiger partial charge in [-0.05, 0) is 36.3 Å². The number of hydrogen-bond donors (Lipinski definition) is 2. The number of thiazole rings is 1. The number of nitrogens with one attached hydrogen (secondary N) is 2. The molecule has 3 heterocycles. The van der Waals surface area contributed by atoms with Gasteiger partial charge in [0.2, 0.25) is 0 Å². The first-order valence-corrected chi connectivity index (χ1v) is 10.4. The zero-order chi connectivity index (χ0) is 17.1. The highest BCUT2D eigenvalue weighted by Gasteiger charge is 2.23. The molecule has 0 saturated carbocycles. The number of ether oxygens (including phenoxy) is 1. The van der Waals surface area contributed by atoms with Crippen molar-refractivity contribution in [3.8, 4) is 0 Å². The van der Waals surface area contributed by atoms with Gasteiger partial charge in [0.05, 0.1) is 24.9 Å². The first-order valence-electron chi connectivity index (χ1n) is 8.66. The Hall–Kier alpha value is -1.48. The van der Waals surface area contributed by atoms with Crippen molar-refractivity contribution in [2.45, 2.75) is 31.8 Å². The molecule has 134 valence electrons. The Morgan fingerprint density at radius 1 is 1.36 bits per heavy atom. The predicted molar refractivity (Wildman–Crippen MR) is 100 cm³/mol. The van der Waals surface area contributed by atoms with Crippen LogP contribution in [0, 0.1) is 0 Å². The maximum absolute atomic E-state index is 12.3. The minimum absolute atomic E-state index is 0.114. The van der Waals surface area contributed by atoms with Gasteiger partial charge in [-0.3, -0.25) is 10.2 Å². The predicted octanol–water partition coefficient (Wildman–Crippen LogP) is 3.24. The standard InChI is InChI=1S/C17H22N4O2S2/c22-16(19-14-2-1-3-15-13(14)4-9-24-15)20-17-18-12(11-25-17)10-21-5-7-23-8-6-21/h4,9,11,14H,1-3,5-8,10H2,(H2,18,19,20,22)/t14-/m0/s1. The number of morpholine rings is 1. The van der Waals surface area contributed by atoms with Crippen LogP contribution < -0.4 is 10.6 Å². The van der Waals surface area contributed by atoms with Crippen molar-refractivity contribution in [1.29, 1.82) is 0 Å². The van der Waals surface area contributed by atoms with Crippen molar-refractivity contribution in [3.05, 3.63) is 33.0 Å². The lowest BCUT2D eigenvalue weighted by atomic mass is 9.94. The van der Waals surface area contributed by atoms with Crippen LogP contribution in [0.25, 0.3) is 0 Å². The monoisotopic (exact) mass is 378 g/mol. The molecule has 0 aromatic carbocycles. The highest BCUT2D eigenvalue weighted by molar-refractivity contribution is 7.13. The fourth-order valence-corrected chi connectivity index (χ4v) is 5.04. The molecular weight excluding hydrogens is 356 g/mol. The minimum Gasteiger partial charge on any atom is -0.379 e. The molecule has 25 heavy (non-hydrogen) atoms. The highest BCUT2D eigenvalue weighted by atomic mass is 32.1. The molecule has 6 nitrogen and oxygen atoms in total. The second-order valence-corrected chi connectivity index (χ2v) is 8.23. The number of aromatic nitrogens is 1. The van der Waals surface area contributed by atoms with E-state index >= 15 is 0 Å². The van der Waals surface area contributed by atoms with Gasteiger partial charge in [-0.25, -0.2) is 9.78 Å². The average molecular weight is 379 g/mol. The van der Waals surface area contributed by atoms with E-state index in [4.69, 9.17) is 4.74 Å². The van der Waals surface area contributed by atoms with Crippen LogP contribution in [0.4, 0.5) is 9.93 Å². The lowest BCUT2D eigenvalue weighted by Crippen LogP contribution is -2.35. The molecule has 2 N–H and O–H groups in total. The smallest absolute Gasteiger partial charge is 0.321 e. The maximum Gasteiger partial charge on any atom is 0.321 e. The van der Waals surface area contributed by atoms with Gasteiger partial charge in [-0.2, -0.15) is 0 Å². The third-order valence-electron chi connectivity index (χ3n) is 4.62. The van der Waals surface area contributed by atoms with Gasteiger partial charge in [-0.15, -0.1) is 22.7 Å². The van der Waals surface area contributed by atoms with Crippen LogP contribution in [0.1, 0.15) is 35.0 Å². The number of carbonyl (C=O) groups excluding carboxylic acids is 1. The summed E-state index contributed by atoms with van der Waals surface area (Å²) in [5.74, 6) is 0. The number of fused-ring (bicyclic) bond motifs is 1. The quantitative estimate of drug-likeness (QED) is 0.857. The number of nitrogens with zero attached hydrogens (tertiary/aromatic N) is 2. The number of urea groups is 1. The summed E-state index contributed by atoms with van der Waals surface area (Å²) in [6.45, 7) is 4.24. The number of aryl methyl sites for hydroxylation is 1. The van der Waals surface area contributed by atoms with E-state index in [1.54, 1.807) is 11.3 Å². The number of thiophene rings is 1. The molecule has 2 aromatic heterocycles. The molecule has 0 bridgehead atoms. The molecule has 0 spiro atoms. The normalized spacial score (nSPS) is 20.9. The molecule has 1 fully saturated rings. The Morgan fingerprint density at radius 2 is 2.24 bits per heavy atom. The van der Waals surface area contributed by atoms with Crippen molar-refractivity contribution in [3.63, 3.8) is 0 Å². The third kappa shape index (κ3) is 4.20. The summed E-state index contributed by atoms with van der Waals surface area (Å²) >= 11 is 3.26. The summed E-state index contributed by atoms with van der Waals surface area (Å²) in [5.41, 5.74) is 2.28. The second kappa shape index (κ2) is 7.82. The SMILES string of the molecule is O=C(Nc1nc(CN2CCOCC2)cs1)N[C@H]1CCCc2sccc21. The Bertz CT molecular complexity index is 724. The van der Waals surface area contributed by atoms with Gasteiger partial charge in [0.25, 0.3) is 0 Å². The lowest BCUT2D eigenvalue weighted by Gasteiger charge is -2.25. The van der Waals surface area contributed by atoms with Gasteiger partial charge >= 0.3 is 6.03 Å². The lowest BCUT2D eigenvalue weighted by molar-refractivity contribution is 0.0337. The largest absolute Gasteiger partial charge is 0.379 e. The van der Waals surface area contributed by atoms with Crippen molar-refractivity contribution in [2.24, 2.45) is 0 Å². The van der Waals surface area contributed by atoms with E-state index < -0.39 is 0 Å². The van der Waals surface area contributed by atoms with Gasteiger partial charge < -0.3 is 10.1 Å². The van der Waals surface area contributed by atoms with Gasteiger partial charge in [0, 0.05) is 29.9 Å². The number of anilines is 1. The van der Waals surface area contributed by atoms with E-state index in [2.05, 4.69) is 32.0 Å². The average Bonchev–Trinajstić information content (AvgIpc) is 3.26. The molecule has 1 aliphatic carbocycles. The maximum atomic E-state index is 12.3. The third-order valence-corrected chi connectivity index (χ3v) is 6.42. The molecule has 1 saturated heterocycles. The molecule has 8 heteroatoms. The van der Waals surface area contributed by atoms with E-state index in [1.165, 1.54) is 21.8 Å². The van der Waals surface area contributed by atoms with Crippen LogP contribution in [0.15, 0.2) is 16.8 Å². The Kier molecular flexibility index (Phi) is 5.30. The van der Waals surface area contributed by atoms with Crippen LogP contribution in [0.2, 0.25) is 0 Å². The molecule has 1 atom stereocenters. The summed E-state index contributed by atoms with van der Waals surface area (Å²) in [7, 11) is 0. The summed E-state index contributed by atoms with van der Waals surface area (Å²) in [5, 5.41) is 10.8. The van der Waals surface area contributed by atoms with E-state index in [0.29, 0.717) is 5.13 Å². The summed E-state index contributed by atoms with van der Waals surface area (Å²) < 4.78 is 5.36. The summed E-state index contributed by atoms with van der Waals surface area (Å²) in [6, 6.07) is 2.08. The number of hydrogen-bond acceptors (Lipinski definition) is 6. The molecule has 2 aliphatic rings. The van der Waals surface area contributed by atoms with Crippen LogP contribution >= 0.6 is 22.7 Å². The Balaban J connectivity index is 1.31. The Labute approximate surface area is 155 Å². The van der Waals surface area contributed by atoms with Crippen molar-refractivity contribution in [1.82, 2.24) is 15.2 Å². The number of amides is 2. The summed E-state index contributed by atoms with van der Waals surface area (Å²) in [6.07, 6.45) is 3.25. The highest BCUT2D eigenvalue weighted by Crippen LogP contribution is 2.33. The second-order valence-electron chi connectivity index (χ2n) is 6.37. The summed E-state index contributed by atoms with van der Waals surface area (Å²) in [4.78, 5) is 20.6. The fraction of sp³-hybridized carbons (Fsp3) is 0.529. The topological polar surface area (TPSA) is 66.5 Å². The van der Waals surface area contributed by atoms with Crippen LogP contribution in [-0.2, 0) is 17.7 Å². The fourth-order valence-electron chi connectivity index (χ4n) is 3.35. The Morgan fingerprint density at radius 3 is 3.12 bits per heavy atom. The van der Waals surface area contributed by atoms with Crippen molar-refractivity contribution >= 4 is 33.8 Å². The molecular formula is C17H22N4O2S2. The van der Waals surface area contributed by atoms with E-state index in [0.717, 1.165) is 57.8 Å². The van der Waals surface area contributed by atoms with E-state index in [-0.39, 0.29) is 12.1 Å². The first kappa shape index (κ1) is 17.0. The van der Waals surface area contributed by atoms with Gasteiger partial charge in [0.15, 0.2) is 5.13 Å². The van der Waals surface area contributed by atoms with E-state index in [1.807, 2.05) is 5.38 Å². The zero-order valence-corrected chi connectivity index (χ0v) is 15.6.